The minimum Gasteiger partial charge on any atom is -0.478 e. The molecule has 1 N–H and O–H groups in total. The van der Waals surface area contributed by atoms with Crippen molar-refractivity contribution in [3.05, 3.63) is 81.2 Å². The number of nitrogens with zero attached hydrogens (tertiary/aromatic N) is 3. The van der Waals surface area contributed by atoms with Gasteiger partial charge in [0.2, 0.25) is 0 Å². The number of hydrogen-bond acceptors (Lipinski definition) is 4. The Kier molecular flexibility index (Phi) is 4.79. The van der Waals surface area contributed by atoms with E-state index in [2.05, 4.69) is 10.2 Å². The number of rotatable bonds is 3. The zero-order valence-electron chi connectivity index (χ0n) is 15.4. The monoisotopic (exact) mass is 427 g/mol. The van der Waals surface area contributed by atoms with Crippen molar-refractivity contribution in [1.29, 1.82) is 0 Å². The smallest absolute Gasteiger partial charge is 0.335 e. The number of carboxylic acid groups (broad SMARTS) is 1. The maximum absolute atomic E-state index is 14.3. The Balaban J connectivity index is 2.02. The number of hydrogen-bond donors (Lipinski definition) is 1. The molecule has 4 rings (SSSR count). The van der Waals surface area contributed by atoms with Crippen LogP contribution in [0.5, 0.6) is 0 Å². The van der Waals surface area contributed by atoms with Crippen molar-refractivity contribution < 1.29 is 18.7 Å². The second-order valence-corrected chi connectivity index (χ2v) is 6.95. The Morgan fingerprint density at radius 1 is 1.07 bits per heavy atom. The fourth-order valence-corrected chi connectivity index (χ4v) is 3.49. The molecule has 0 radical (unpaired) electrons. The van der Waals surface area contributed by atoms with Gasteiger partial charge in [0.25, 0.3) is 5.56 Å². The lowest BCUT2D eigenvalue weighted by molar-refractivity contribution is 0.0697. The highest BCUT2D eigenvalue weighted by Gasteiger charge is 2.19. The van der Waals surface area contributed by atoms with E-state index >= 15 is 0 Å². The molecule has 0 aliphatic rings. The summed E-state index contributed by atoms with van der Waals surface area (Å²) in [6.07, 6.45) is 1.39. The molecule has 30 heavy (non-hydrogen) atoms. The first kappa shape index (κ1) is 19.7. The number of carbonyl (C=O) groups is 1. The number of halogens is 3. The summed E-state index contributed by atoms with van der Waals surface area (Å²) in [6.45, 7) is 0. The first-order valence-corrected chi connectivity index (χ1v) is 9.00. The van der Waals surface area contributed by atoms with Crippen LogP contribution in [0.3, 0.4) is 0 Å². The molecule has 4 aromatic rings. The summed E-state index contributed by atoms with van der Waals surface area (Å²) < 4.78 is 28.9. The maximum Gasteiger partial charge on any atom is 0.335 e. The van der Waals surface area contributed by atoms with Gasteiger partial charge in [0.05, 0.1) is 17.3 Å². The van der Waals surface area contributed by atoms with Crippen molar-refractivity contribution in [1.82, 2.24) is 14.8 Å². The molecule has 0 spiro atoms. The van der Waals surface area contributed by atoms with Gasteiger partial charge in [0.15, 0.2) is 0 Å². The van der Waals surface area contributed by atoms with Crippen LogP contribution in [0.15, 0.2) is 53.5 Å². The van der Waals surface area contributed by atoms with Crippen LogP contribution in [0.4, 0.5) is 8.78 Å². The summed E-state index contributed by atoms with van der Waals surface area (Å²) in [5.41, 5.74) is 0.212. The molecule has 2 aromatic heterocycles. The molecular formula is C21H12ClF2N3O3. The average molecular weight is 428 g/mol. The number of aromatic carboxylic acids is 1. The molecule has 9 heteroatoms. The number of pyridine rings is 1. The fraction of sp³-hybridized carbons (Fsp3) is 0.0476. The Bertz CT molecular complexity index is 1400. The summed E-state index contributed by atoms with van der Waals surface area (Å²) in [6, 6.07) is 8.56. The van der Waals surface area contributed by atoms with Gasteiger partial charge in [-0.25, -0.2) is 13.6 Å². The quantitative estimate of drug-likeness (QED) is 0.527. The van der Waals surface area contributed by atoms with E-state index in [9.17, 15) is 23.5 Å². The van der Waals surface area contributed by atoms with E-state index in [0.29, 0.717) is 5.39 Å². The van der Waals surface area contributed by atoms with E-state index in [-0.39, 0.29) is 38.5 Å². The molecule has 0 fully saturated rings. The Hall–Kier alpha value is -3.65. The zero-order valence-corrected chi connectivity index (χ0v) is 16.1. The molecule has 0 aliphatic carbocycles. The lowest BCUT2D eigenvalue weighted by Crippen LogP contribution is -2.20. The van der Waals surface area contributed by atoms with Crippen LogP contribution in [0.2, 0.25) is 5.02 Å². The van der Waals surface area contributed by atoms with Gasteiger partial charge >= 0.3 is 5.97 Å². The molecule has 6 nitrogen and oxygen atoms in total. The zero-order chi connectivity index (χ0) is 21.6. The number of carboxylic acids is 1. The molecule has 0 amide bonds. The van der Waals surface area contributed by atoms with Crippen LogP contribution in [0.25, 0.3) is 33.3 Å². The second kappa shape index (κ2) is 7.31. The van der Waals surface area contributed by atoms with E-state index in [1.807, 2.05) is 0 Å². The van der Waals surface area contributed by atoms with Crippen molar-refractivity contribution in [2.45, 2.75) is 0 Å². The molecule has 0 saturated carbocycles. The third-order valence-corrected chi connectivity index (χ3v) is 5.04. The molecule has 0 atom stereocenters. The van der Waals surface area contributed by atoms with Crippen molar-refractivity contribution >= 4 is 28.5 Å². The predicted octanol–water partition coefficient (Wildman–Crippen LogP) is 4.29. The molecular weight excluding hydrogens is 416 g/mol. The highest BCUT2D eigenvalue weighted by molar-refractivity contribution is 6.33. The molecule has 0 aliphatic heterocycles. The van der Waals surface area contributed by atoms with Crippen molar-refractivity contribution in [2.75, 3.05) is 0 Å². The number of aromatic nitrogens is 3. The molecule has 0 saturated heterocycles. The Morgan fingerprint density at radius 2 is 1.83 bits per heavy atom. The minimum absolute atomic E-state index is 0.0110. The third kappa shape index (κ3) is 3.21. The van der Waals surface area contributed by atoms with Gasteiger partial charge in [-0.3, -0.25) is 4.79 Å². The van der Waals surface area contributed by atoms with E-state index in [0.717, 1.165) is 12.1 Å². The van der Waals surface area contributed by atoms with Crippen LogP contribution in [-0.2, 0) is 7.05 Å². The standard InChI is InChI=1S/C21H12ClF2N3O3/c1-27-19-11(9-25-26-18(19)13-4-3-12(23)8-17(13)24)7-15(20(27)28)14-6-10(21(29)30)2-5-16(14)22/h2-9H,1H3,(H,29,30). The van der Waals surface area contributed by atoms with Gasteiger partial charge in [0.1, 0.15) is 17.3 Å². The molecule has 0 unspecified atom stereocenters. The first-order valence-electron chi connectivity index (χ1n) is 8.62. The maximum atomic E-state index is 14.3. The van der Waals surface area contributed by atoms with Gasteiger partial charge in [0, 0.05) is 40.2 Å². The number of fused-ring (bicyclic) bond motifs is 1. The van der Waals surface area contributed by atoms with Gasteiger partial charge in [-0.1, -0.05) is 11.6 Å². The Morgan fingerprint density at radius 3 is 2.53 bits per heavy atom. The van der Waals surface area contributed by atoms with Gasteiger partial charge in [-0.15, -0.1) is 5.10 Å². The largest absolute Gasteiger partial charge is 0.478 e. The predicted molar refractivity (Wildman–Crippen MR) is 108 cm³/mol. The average Bonchev–Trinajstić information content (AvgIpc) is 2.70. The molecule has 150 valence electrons. The summed E-state index contributed by atoms with van der Waals surface area (Å²) in [7, 11) is 1.47. The summed E-state index contributed by atoms with van der Waals surface area (Å²) in [5.74, 6) is -2.75. The summed E-state index contributed by atoms with van der Waals surface area (Å²) in [4.78, 5) is 24.4. The van der Waals surface area contributed by atoms with Crippen LogP contribution >= 0.6 is 11.6 Å². The highest BCUT2D eigenvalue weighted by Crippen LogP contribution is 2.32. The third-order valence-electron chi connectivity index (χ3n) is 4.71. The fourth-order valence-electron chi connectivity index (χ4n) is 3.27. The normalized spacial score (nSPS) is 11.1. The molecule has 2 heterocycles. The molecule has 0 bridgehead atoms. The lowest BCUT2D eigenvalue weighted by atomic mass is 10.0. The summed E-state index contributed by atoms with van der Waals surface area (Å²) >= 11 is 6.22. The first-order chi connectivity index (χ1) is 14.3. The van der Waals surface area contributed by atoms with Crippen LogP contribution in [0.1, 0.15) is 10.4 Å². The topological polar surface area (TPSA) is 85.1 Å². The van der Waals surface area contributed by atoms with Gasteiger partial charge < -0.3 is 9.67 Å². The highest BCUT2D eigenvalue weighted by atomic mass is 35.5. The minimum atomic E-state index is -1.16. The SMILES string of the molecule is Cn1c(=O)c(-c2cc(C(=O)O)ccc2Cl)cc2cnnc(-c3ccc(F)cc3F)c21. The van der Waals surface area contributed by atoms with Crippen LogP contribution in [-0.4, -0.2) is 25.8 Å². The van der Waals surface area contributed by atoms with Crippen LogP contribution < -0.4 is 5.56 Å². The van der Waals surface area contributed by atoms with E-state index in [4.69, 9.17) is 11.6 Å². The lowest BCUT2D eigenvalue weighted by Gasteiger charge is -2.13. The molecule has 2 aromatic carbocycles. The second-order valence-electron chi connectivity index (χ2n) is 6.54. The van der Waals surface area contributed by atoms with Gasteiger partial charge in [-0.2, -0.15) is 5.10 Å². The van der Waals surface area contributed by atoms with Crippen molar-refractivity contribution in [3.63, 3.8) is 0 Å². The van der Waals surface area contributed by atoms with Crippen LogP contribution in [0, 0.1) is 11.6 Å². The van der Waals surface area contributed by atoms with E-state index in [1.165, 1.54) is 48.1 Å². The number of benzene rings is 2. The van der Waals surface area contributed by atoms with Crippen molar-refractivity contribution in [3.8, 4) is 22.4 Å². The van der Waals surface area contributed by atoms with E-state index in [1.54, 1.807) is 0 Å². The van der Waals surface area contributed by atoms with Gasteiger partial charge in [-0.05, 0) is 36.4 Å². The van der Waals surface area contributed by atoms with E-state index < -0.39 is 23.2 Å². The van der Waals surface area contributed by atoms with Crippen molar-refractivity contribution in [2.24, 2.45) is 7.05 Å². The Labute approximate surface area is 173 Å². The summed E-state index contributed by atoms with van der Waals surface area (Å²) in [5, 5.41) is 17.7. The number of aryl methyl sites for hydroxylation is 1.